The summed E-state index contributed by atoms with van der Waals surface area (Å²) in [6.07, 6.45) is 0. The topological polar surface area (TPSA) is 93.0 Å². The summed E-state index contributed by atoms with van der Waals surface area (Å²) < 4.78 is 1.62. The van der Waals surface area contributed by atoms with Crippen LogP contribution in [0.15, 0.2) is 23.4 Å². The molecule has 0 saturated carbocycles. The molecule has 0 aliphatic heterocycles. The molecule has 0 fully saturated rings. The Morgan fingerprint density at radius 1 is 1.33 bits per heavy atom. The van der Waals surface area contributed by atoms with Crippen molar-refractivity contribution in [2.45, 2.75) is 19.0 Å². The summed E-state index contributed by atoms with van der Waals surface area (Å²) in [5, 5.41) is 14.7. The van der Waals surface area contributed by atoms with Gasteiger partial charge in [-0.3, -0.25) is 9.59 Å². The van der Waals surface area contributed by atoms with Crippen molar-refractivity contribution in [2.24, 2.45) is 0 Å². The lowest BCUT2D eigenvalue weighted by Crippen LogP contribution is -2.37. The van der Waals surface area contributed by atoms with Crippen molar-refractivity contribution in [3.05, 3.63) is 29.3 Å². The van der Waals surface area contributed by atoms with Crippen LogP contribution in [0.5, 0.6) is 0 Å². The molecule has 0 spiro atoms. The summed E-state index contributed by atoms with van der Waals surface area (Å²) in [7, 11) is 3.12. The van der Waals surface area contributed by atoms with Crippen LogP contribution in [-0.4, -0.2) is 63.3 Å². The summed E-state index contributed by atoms with van der Waals surface area (Å²) >= 11 is 1.24. The monoisotopic (exact) mass is 348 g/mol. The van der Waals surface area contributed by atoms with Gasteiger partial charge in [-0.15, -0.1) is 5.10 Å². The van der Waals surface area contributed by atoms with Gasteiger partial charge < -0.3 is 10.2 Å². The van der Waals surface area contributed by atoms with Crippen molar-refractivity contribution in [1.82, 2.24) is 30.4 Å². The highest BCUT2D eigenvalue weighted by Gasteiger charge is 2.16. The van der Waals surface area contributed by atoms with E-state index in [0.717, 1.165) is 16.8 Å². The molecular weight excluding hydrogens is 328 g/mol. The van der Waals surface area contributed by atoms with Crippen LogP contribution in [0.3, 0.4) is 0 Å². The quantitative estimate of drug-likeness (QED) is 0.768. The molecule has 1 aromatic carbocycles. The van der Waals surface area contributed by atoms with Gasteiger partial charge in [-0.2, -0.15) is 4.68 Å². The zero-order valence-electron chi connectivity index (χ0n) is 14.1. The number of nitrogens with zero attached hydrogens (tertiary/aromatic N) is 5. The Morgan fingerprint density at radius 3 is 2.75 bits per heavy atom. The molecule has 0 atom stereocenters. The maximum Gasteiger partial charge on any atom is 0.239 e. The normalized spacial score (nSPS) is 10.5. The lowest BCUT2D eigenvalue weighted by Gasteiger charge is -2.15. The Kier molecular flexibility index (Phi) is 5.91. The number of amides is 2. The molecule has 2 rings (SSSR count). The number of rotatable bonds is 6. The standard InChI is InChI=1S/C15H20N6O2S/c1-10-5-6-12(11(2)7-10)21-15(17-18-19-21)24-9-14(23)20(4)8-13(22)16-3/h5-7H,8-9H2,1-4H3,(H,16,22). The number of hydrogen-bond donors (Lipinski definition) is 1. The maximum atomic E-state index is 12.1. The van der Waals surface area contributed by atoms with Crippen LogP contribution >= 0.6 is 11.8 Å². The fourth-order valence-electron chi connectivity index (χ4n) is 2.08. The zero-order chi connectivity index (χ0) is 17.7. The fourth-order valence-corrected chi connectivity index (χ4v) is 2.91. The SMILES string of the molecule is CNC(=O)CN(C)C(=O)CSc1nnnn1-c1ccc(C)cc1C. The number of hydrogen-bond acceptors (Lipinski definition) is 6. The molecular formula is C15H20N6O2S. The Bertz CT molecular complexity index is 745. The van der Waals surface area contributed by atoms with Crippen molar-refractivity contribution < 1.29 is 9.59 Å². The second-order valence-electron chi connectivity index (χ2n) is 5.37. The first-order valence-electron chi connectivity index (χ1n) is 7.35. The lowest BCUT2D eigenvalue weighted by molar-refractivity contribution is -0.132. The number of carbonyl (C=O) groups excluding carboxylic acids is 2. The largest absolute Gasteiger partial charge is 0.358 e. The van der Waals surface area contributed by atoms with Crippen molar-refractivity contribution in [1.29, 1.82) is 0 Å². The van der Waals surface area contributed by atoms with Crippen LogP contribution in [-0.2, 0) is 9.59 Å². The van der Waals surface area contributed by atoms with Crippen LogP contribution in [0.25, 0.3) is 5.69 Å². The molecule has 1 aromatic heterocycles. The number of nitrogens with one attached hydrogen (secondary N) is 1. The van der Waals surface area contributed by atoms with E-state index in [0.29, 0.717) is 5.16 Å². The van der Waals surface area contributed by atoms with Crippen molar-refractivity contribution in [3.63, 3.8) is 0 Å². The van der Waals surface area contributed by atoms with Crippen LogP contribution in [0, 0.1) is 13.8 Å². The van der Waals surface area contributed by atoms with E-state index in [1.807, 2.05) is 32.0 Å². The van der Waals surface area contributed by atoms with E-state index in [1.54, 1.807) is 11.7 Å². The number of carbonyl (C=O) groups is 2. The number of aryl methyl sites for hydroxylation is 2. The number of benzene rings is 1. The molecule has 9 heteroatoms. The van der Waals surface area contributed by atoms with Crippen molar-refractivity contribution >= 4 is 23.6 Å². The molecule has 0 aliphatic carbocycles. The van der Waals surface area contributed by atoms with Gasteiger partial charge in [0.1, 0.15) is 0 Å². The van der Waals surface area contributed by atoms with E-state index >= 15 is 0 Å². The number of thioether (sulfide) groups is 1. The van der Waals surface area contributed by atoms with Gasteiger partial charge in [-0.05, 0) is 35.9 Å². The molecule has 2 amide bonds. The molecule has 24 heavy (non-hydrogen) atoms. The van der Waals surface area contributed by atoms with E-state index < -0.39 is 0 Å². The third kappa shape index (κ3) is 4.31. The van der Waals surface area contributed by atoms with Gasteiger partial charge in [0.25, 0.3) is 0 Å². The fraction of sp³-hybridized carbons (Fsp3) is 0.400. The summed E-state index contributed by atoms with van der Waals surface area (Å²) in [6.45, 7) is 4.03. The molecule has 8 nitrogen and oxygen atoms in total. The second kappa shape index (κ2) is 7.91. The highest BCUT2D eigenvalue weighted by Crippen LogP contribution is 2.21. The smallest absolute Gasteiger partial charge is 0.239 e. The van der Waals surface area contributed by atoms with Gasteiger partial charge in [0, 0.05) is 14.1 Å². The minimum absolute atomic E-state index is 0.0257. The minimum Gasteiger partial charge on any atom is -0.358 e. The Morgan fingerprint density at radius 2 is 2.08 bits per heavy atom. The first-order chi connectivity index (χ1) is 11.4. The molecule has 0 aliphatic rings. The second-order valence-corrected chi connectivity index (χ2v) is 6.32. The number of likely N-dealkylation sites (N-methyl/N-ethyl adjacent to an activating group) is 2. The van der Waals surface area contributed by atoms with Gasteiger partial charge >= 0.3 is 0 Å². The summed E-state index contributed by atoms with van der Waals surface area (Å²) in [6, 6.07) is 5.99. The predicted molar refractivity (Wildman–Crippen MR) is 91.1 cm³/mol. The van der Waals surface area contributed by atoms with Crippen LogP contribution in [0.1, 0.15) is 11.1 Å². The highest BCUT2D eigenvalue weighted by atomic mass is 32.2. The summed E-state index contributed by atoms with van der Waals surface area (Å²) in [4.78, 5) is 24.8. The van der Waals surface area contributed by atoms with Crippen molar-refractivity contribution in [3.8, 4) is 5.69 Å². The Hall–Kier alpha value is -2.42. The molecule has 0 unspecified atom stereocenters. The third-order valence-corrected chi connectivity index (χ3v) is 4.34. The highest BCUT2D eigenvalue weighted by molar-refractivity contribution is 7.99. The van der Waals surface area contributed by atoms with Crippen LogP contribution < -0.4 is 5.32 Å². The molecule has 0 radical (unpaired) electrons. The van der Waals surface area contributed by atoms with Gasteiger partial charge in [0.05, 0.1) is 18.0 Å². The molecule has 1 N–H and O–H groups in total. The van der Waals surface area contributed by atoms with Gasteiger partial charge in [0.15, 0.2) is 0 Å². The molecule has 1 heterocycles. The predicted octanol–water partition coefficient (Wildman–Crippen LogP) is 0.576. The summed E-state index contributed by atoms with van der Waals surface area (Å²) in [5.74, 6) is -0.228. The first-order valence-corrected chi connectivity index (χ1v) is 8.34. The van der Waals surface area contributed by atoms with Gasteiger partial charge in [-0.1, -0.05) is 29.5 Å². The van der Waals surface area contributed by atoms with E-state index in [9.17, 15) is 9.59 Å². The van der Waals surface area contributed by atoms with E-state index in [1.165, 1.54) is 23.7 Å². The van der Waals surface area contributed by atoms with Crippen LogP contribution in [0.2, 0.25) is 0 Å². The van der Waals surface area contributed by atoms with E-state index in [-0.39, 0.29) is 24.1 Å². The third-order valence-electron chi connectivity index (χ3n) is 3.43. The number of aromatic nitrogens is 4. The average Bonchev–Trinajstić information content (AvgIpc) is 3.00. The summed E-state index contributed by atoms with van der Waals surface area (Å²) in [5.41, 5.74) is 3.08. The van der Waals surface area contributed by atoms with E-state index in [2.05, 4.69) is 20.8 Å². The molecule has 0 saturated heterocycles. The minimum atomic E-state index is -0.212. The van der Waals surface area contributed by atoms with Crippen LogP contribution in [0.4, 0.5) is 0 Å². The molecule has 0 bridgehead atoms. The first kappa shape index (κ1) is 17.9. The average molecular weight is 348 g/mol. The molecule has 2 aromatic rings. The maximum absolute atomic E-state index is 12.1. The van der Waals surface area contributed by atoms with Crippen molar-refractivity contribution in [2.75, 3.05) is 26.4 Å². The zero-order valence-corrected chi connectivity index (χ0v) is 14.9. The lowest BCUT2D eigenvalue weighted by atomic mass is 10.1. The van der Waals surface area contributed by atoms with Gasteiger partial charge in [-0.25, -0.2) is 0 Å². The van der Waals surface area contributed by atoms with Gasteiger partial charge in [0.2, 0.25) is 17.0 Å². The molecule has 128 valence electrons. The number of tetrazole rings is 1. The van der Waals surface area contributed by atoms with E-state index in [4.69, 9.17) is 0 Å². The Labute approximate surface area is 144 Å². The Balaban J connectivity index is 2.06.